The van der Waals surface area contributed by atoms with Gasteiger partial charge in [-0.15, -0.1) is 12.4 Å². The van der Waals surface area contributed by atoms with Gasteiger partial charge in [0.25, 0.3) is 5.91 Å². The second-order valence-electron chi connectivity index (χ2n) is 25.6. The van der Waals surface area contributed by atoms with Gasteiger partial charge in [-0.05, 0) is 136 Å². The van der Waals surface area contributed by atoms with Crippen LogP contribution in [-0.2, 0) is 38.3 Å². The third-order valence-electron chi connectivity index (χ3n) is 17.6. The topological polar surface area (TPSA) is 295 Å². The van der Waals surface area contributed by atoms with E-state index in [4.69, 9.17) is 19.3 Å². The molecule has 6 N–H and O–H groups in total. The first-order valence-corrected chi connectivity index (χ1v) is 35.9. The minimum absolute atomic E-state index is 0. The Hall–Kier alpha value is -10.8. The summed E-state index contributed by atoms with van der Waals surface area (Å²) in [6.45, 7) is 15.2. The van der Waals surface area contributed by atoms with Crippen LogP contribution in [0.1, 0.15) is 103 Å². The van der Waals surface area contributed by atoms with E-state index in [0.717, 1.165) is 112 Å². The maximum atomic E-state index is 12.7. The number of rotatable bonds is 15. The number of halogens is 2. The quantitative estimate of drug-likeness (QED) is 0.0241. The monoisotopic (exact) mass is 1640 g/mol. The number of hydrogen-bond donors (Lipinski definition) is 6. The minimum Gasteiger partial charge on any atom is -1.00 e. The fraction of sp³-hybridized carbons (Fsp3) is 0.227. The predicted molar refractivity (Wildman–Crippen MR) is 453 cm³/mol. The first-order chi connectivity index (χ1) is 53.1. The van der Waals surface area contributed by atoms with Crippen molar-refractivity contribution in [2.75, 3.05) is 89.1 Å². The number of para-hydroxylation sites is 4. The molecule has 6 heterocycles. The zero-order valence-corrected chi connectivity index (χ0v) is 69.7. The smallest absolute Gasteiger partial charge is 1.00 e. The van der Waals surface area contributed by atoms with Crippen molar-refractivity contribution in [3.63, 3.8) is 0 Å². The number of carbonyl (C=O) groups is 7. The van der Waals surface area contributed by atoms with Gasteiger partial charge in [0, 0.05) is 146 Å². The van der Waals surface area contributed by atoms with E-state index in [1.165, 1.54) is 70.1 Å². The molecule has 0 aliphatic carbocycles. The van der Waals surface area contributed by atoms with Crippen LogP contribution in [0.5, 0.6) is 0 Å². The number of nitrogens with one attached hydrogen (secondary N) is 5. The largest absolute Gasteiger partial charge is 2.00 e. The summed E-state index contributed by atoms with van der Waals surface area (Å²) in [5, 5.41) is 25.0. The van der Waals surface area contributed by atoms with Gasteiger partial charge in [0.05, 0.1) is 83.4 Å². The standard InChI is InChI=1S/C23H25N3O2.C20H19N3O3.C19H16N2O2.C18H14N2O3.C5H10O.C2H7NO.CH3.BrH.ClH.Mg/c1-16(26-11-13-28-14-12-26)21-15-23(25-22-6-4-3-5-20(21)22)18-7-9-19(10-8-18)24-17(2)27;1-13(24)21-15-10-8-14(9-11-15)19-12-17(20(25)23(2)26-3)16-6-4-5-7-18(16)22-19;1-12(22)17-11-19(21-18-6-4-3-5-16(17)18)14-7-9-15(10-8-14)20-13(2)23;1-11(21)19-13-8-6-12(7-9-13)17-10-15(18(22)23)14-4-2-3-5-16(14)20-17;1-2-4-6-5-3-1;1-3-4-2;;;;/h3-10,15-16H,11-14H2,1-2H3,(H,24,27);4-12H,1-3H3,(H,21,24);3-11H,1-2H3,(H,20,23);2-10H,1H3,(H,19,21)(H,22,23);1-5H2;3H,1-2H3;1H3;2*1H;/q;;;;;;-1;;;+2/p-1. The number of benzene rings is 8. The van der Waals surface area contributed by atoms with Crippen molar-refractivity contribution in [2.24, 2.45) is 0 Å². The molecule has 0 spiro atoms. The van der Waals surface area contributed by atoms with Crippen LogP contribution in [0.3, 0.4) is 0 Å². The number of nitrogens with zero attached hydrogens (tertiary/aromatic N) is 6. The number of ether oxygens (including phenoxy) is 2. The number of hydroxylamine groups is 3. The molecule has 26 heteroatoms. The maximum absolute atomic E-state index is 12.7. The van der Waals surface area contributed by atoms with Crippen LogP contribution in [0.2, 0.25) is 0 Å². The molecule has 12 aromatic rings. The molecule has 4 aromatic heterocycles. The van der Waals surface area contributed by atoms with E-state index in [0.29, 0.717) is 44.8 Å². The fourth-order valence-corrected chi connectivity index (χ4v) is 12.1. The van der Waals surface area contributed by atoms with E-state index in [-0.39, 0.29) is 107 Å². The Morgan fingerprint density at radius 3 is 1.05 bits per heavy atom. The van der Waals surface area contributed by atoms with E-state index in [1.54, 1.807) is 94.9 Å². The average molecular weight is 1640 g/mol. The molecule has 0 radical (unpaired) electrons. The average Bonchev–Trinajstić information content (AvgIpc) is 0.805. The number of pyridine rings is 4. The fourth-order valence-electron chi connectivity index (χ4n) is 12.1. The Balaban J connectivity index is 0.000000258. The van der Waals surface area contributed by atoms with E-state index in [9.17, 15) is 38.7 Å². The molecule has 23 nitrogen and oxygen atoms in total. The number of amides is 5. The SMILES string of the molecule is C1CCOCC1.CC(=O)Nc1ccc(-c2cc(C(=O)O)c3ccccc3n2)cc1.CC(=O)Nc1ccc(-c2cc(C(C)=O)c3ccccc3n2)cc1.CC(=O)Nc1ccc(-c2cc(C(C)N3CCOCC3)c3ccccc3n2)cc1.CNOC.CON(C)C(=O)c1cc(-c2ccc(NC(C)=O)cc2)nc2ccccc12.Cl.[Br-].[CH3-].[Mg+2]. The Labute approximate surface area is 697 Å². The molecule has 0 bridgehead atoms. The minimum atomic E-state index is -0.986. The molecule has 1 atom stereocenters. The van der Waals surface area contributed by atoms with Crippen LogP contribution in [0.15, 0.2) is 218 Å². The normalized spacial score (nSPS) is 12.1. The summed E-state index contributed by atoms with van der Waals surface area (Å²) in [6, 6.07) is 67.9. The third-order valence-corrected chi connectivity index (χ3v) is 17.6. The molecular weight excluding hydrogens is 1540 g/mol. The summed E-state index contributed by atoms with van der Waals surface area (Å²) in [7, 11) is 6.29. The molecule has 5 amide bonds. The number of Topliss-reactive ketones (excluding diaryl/α,β-unsaturated/α-hetero) is 1. The van der Waals surface area contributed by atoms with Crippen LogP contribution in [-0.4, -0.2) is 167 Å². The van der Waals surface area contributed by atoms with Crippen molar-refractivity contribution >= 4 is 143 Å². The summed E-state index contributed by atoms with van der Waals surface area (Å²) in [5.74, 6) is -1.67. The van der Waals surface area contributed by atoms with Gasteiger partial charge < -0.3 is 65.1 Å². The van der Waals surface area contributed by atoms with E-state index < -0.39 is 5.97 Å². The first-order valence-electron chi connectivity index (χ1n) is 35.9. The summed E-state index contributed by atoms with van der Waals surface area (Å²) in [6.07, 6.45) is 3.93. The van der Waals surface area contributed by atoms with E-state index in [2.05, 4.69) is 82.6 Å². The van der Waals surface area contributed by atoms with Crippen molar-refractivity contribution in [3.8, 4) is 45.0 Å². The number of aromatic nitrogens is 4. The Morgan fingerprint density at radius 1 is 0.447 bits per heavy atom. The third kappa shape index (κ3) is 26.9. The van der Waals surface area contributed by atoms with Gasteiger partial charge in [-0.2, -0.15) is 0 Å². The number of fused-ring (bicyclic) bond motifs is 4. The molecule has 8 aromatic carbocycles. The second kappa shape index (κ2) is 47.0. The summed E-state index contributed by atoms with van der Waals surface area (Å²) < 4.78 is 10.6. The van der Waals surface area contributed by atoms with Crippen molar-refractivity contribution < 1.29 is 74.8 Å². The Kier molecular flexibility index (Phi) is 38.7. The zero-order valence-electron chi connectivity index (χ0n) is 65.8. The van der Waals surface area contributed by atoms with Crippen molar-refractivity contribution in [2.45, 2.75) is 66.8 Å². The van der Waals surface area contributed by atoms with Crippen LogP contribution >= 0.6 is 12.4 Å². The molecule has 114 heavy (non-hydrogen) atoms. The van der Waals surface area contributed by atoms with Crippen molar-refractivity contribution in [1.29, 1.82) is 0 Å². The number of carboxylic acid groups (broad SMARTS) is 1. The number of aromatic carboxylic acids is 1. The maximum Gasteiger partial charge on any atom is 2.00 e. The number of ketones is 1. The summed E-state index contributed by atoms with van der Waals surface area (Å²) >= 11 is 0. The molecule has 1 unspecified atom stereocenters. The molecule has 2 aliphatic rings. The zero-order chi connectivity index (χ0) is 78.6. The molecule has 590 valence electrons. The number of hydrogen-bond acceptors (Lipinski definition) is 17. The van der Waals surface area contributed by atoms with Gasteiger partial charge in [0.1, 0.15) is 0 Å². The Morgan fingerprint density at radius 2 is 0.746 bits per heavy atom. The van der Waals surface area contributed by atoms with E-state index >= 15 is 0 Å². The van der Waals surface area contributed by atoms with Gasteiger partial charge in [-0.25, -0.2) is 35.3 Å². The molecule has 2 saturated heterocycles. The summed E-state index contributed by atoms with van der Waals surface area (Å²) in [5.41, 5.74) is 17.7. The van der Waals surface area contributed by atoms with Gasteiger partial charge in [0.15, 0.2) is 5.78 Å². The molecule has 0 saturated carbocycles. The molecule has 2 aliphatic heterocycles. The van der Waals surface area contributed by atoms with Gasteiger partial charge in [-0.1, -0.05) is 121 Å². The second-order valence-corrected chi connectivity index (χ2v) is 25.6. The molecule has 14 rings (SSSR count). The number of carboxylic acids is 1. The van der Waals surface area contributed by atoms with Gasteiger partial charge in [-0.3, -0.25) is 38.5 Å². The van der Waals surface area contributed by atoms with Crippen molar-refractivity contribution in [1.82, 2.24) is 35.4 Å². The number of anilines is 4. The van der Waals surface area contributed by atoms with Gasteiger partial charge >= 0.3 is 29.0 Å². The van der Waals surface area contributed by atoms with E-state index in [1.807, 2.05) is 127 Å². The van der Waals surface area contributed by atoms with Gasteiger partial charge in [0.2, 0.25) is 23.6 Å². The van der Waals surface area contributed by atoms with Crippen molar-refractivity contribution in [3.05, 3.63) is 248 Å². The Bertz CT molecular complexity index is 5030. The van der Waals surface area contributed by atoms with Crippen LogP contribution in [0.25, 0.3) is 88.6 Å². The molecule has 2 fully saturated rings. The van der Waals surface area contributed by atoms with Crippen LogP contribution in [0.4, 0.5) is 22.7 Å². The molecular formula is C88H95BrClMgN11O12. The predicted octanol–water partition coefficient (Wildman–Crippen LogP) is 13.8. The number of carbonyl (C=O) groups excluding carboxylic acids is 6. The van der Waals surface area contributed by atoms with Crippen LogP contribution < -0.4 is 43.7 Å². The first kappa shape index (κ1) is 93.8. The van der Waals surface area contributed by atoms with Crippen LogP contribution in [0, 0.1) is 7.43 Å². The number of morpholine rings is 1. The summed E-state index contributed by atoms with van der Waals surface area (Å²) in [4.78, 5) is 111.